The third-order valence-electron chi connectivity index (χ3n) is 4.22. The number of aliphatic carboxylic acids is 1. The molecule has 0 radical (unpaired) electrons. The van der Waals surface area contributed by atoms with E-state index in [1.165, 1.54) is 11.3 Å². The summed E-state index contributed by atoms with van der Waals surface area (Å²) in [6, 6.07) is 9.95. The number of carboxylic acids is 1. The van der Waals surface area contributed by atoms with Crippen LogP contribution in [0, 0.1) is 6.92 Å². The highest BCUT2D eigenvalue weighted by Gasteiger charge is 2.39. The molecular formula is C18H20N2O4S. The average molecular weight is 360 g/mol. The second-order valence-corrected chi connectivity index (χ2v) is 7.38. The second-order valence-electron chi connectivity index (χ2n) is 6.29. The largest absolute Gasteiger partial charge is 0.481 e. The van der Waals surface area contributed by atoms with Gasteiger partial charge in [-0.05, 0) is 18.9 Å². The molecule has 1 saturated heterocycles. The lowest BCUT2D eigenvalue weighted by Gasteiger charge is -2.26. The van der Waals surface area contributed by atoms with Gasteiger partial charge in [-0.15, -0.1) is 11.3 Å². The minimum absolute atomic E-state index is 0.145. The summed E-state index contributed by atoms with van der Waals surface area (Å²) < 4.78 is 5.32. The van der Waals surface area contributed by atoms with Crippen LogP contribution in [0.3, 0.4) is 0 Å². The molecule has 2 N–H and O–H groups in total. The molecule has 1 aromatic carbocycles. The smallest absolute Gasteiger partial charge is 0.305 e. The van der Waals surface area contributed by atoms with Crippen molar-refractivity contribution in [2.24, 2.45) is 0 Å². The lowest BCUT2D eigenvalue weighted by Crippen LogP contribution is -2.50. The number of amides is 1. The summed E-state index contributed by atoms with van der Waals surface area (Å²) in [5.74, 6) is -1.22. The van der Waals surface area contributed by atoms with Crippen molar-refractivity contribution < 1.29 is 19.4 Å². The molecule has 1 atom stereocenters. The van der Waals surface area contributed by atoms with Gasteiger partial charge in [0.1, 0.15) is 4.88 Å². The van der Waals surface area contributed by atoms with Crippen LogP contribution in [-0.4, -0.2) is 40.7 Å². The molecule has 0 bridgehead atoms. The number of carboxylic acid groups (broad SMARTS) is 1. The van der Waals surface area contributed by atoms with Crippen LogP contribution < -0.4 is 5.32 Å². The number of hydrogen-bond donors (Lipinski definition) is 2. The number of nitrogens with one attached hydrogen (secondary N) is 1. The van der Waals surface area contributed by atoms with Gasteiger partial charge in [-0.25, -0.2) is 4.98 Å². The number of carbonyl (C=O) groups is 2. The molecule has 25 heavy (non-hydrogen) atoms. The van der Waals surface area contributed by atoms with Gasteiger partial charge < -0.3 is 15.2 Å². The van der Waals surface area contributed by atoms with Crippen molar-refractivity contribution in [3.8, 4) is 0 Å². The summed E-state index contributed by atoms with van der Waals surface area (Å²) in [4.78, 5) is 28.8. The zero-order chi connectivity index (χ0) is 17.9. The molecule has 1 aliphatic heterocycles. The fraction of sp³-hybridized carbons (Fsp3) is 0.389. The van der Waals surface area contributed by atoms with Crippen molar-refractivity contribution in [1.82, 2.24) is 10.3 Å². The molecule has 1 aliphatic rings. The molecule has 1 fully saturated rings. The fourth-order valence-electron chi connectivity index (χ4n) is 2.99. The van der Waals surface area contributed by atoms with Gasteiger partial charge in [-0.2, -0.15) is 0 Å². The summed E-state index contributed by atoms with van der Waals surface area (Å²) in [6.45, 7) is 2.48. The van der Waals surface area contributed by atoms with Crippen molar-refractivity contribution >= 4 is 23.2 Å². The van der Waals surface area contributed by atoms with Gasteiger partial charge in [0.05, 0.1) is 29.3 Å². The zero-order valence-corrected chi connectivity index (χ0v) is 14.8. The monoisotopic (exact) mass is 360 g/mol. The number of benzene rings is 1. The molecule has 1 amide bonds. The molecule has 2 heterocycles. The van der Waals surface area contributed by atoms with Crippen molar-refractivity contribution in [1.29, 1.82) is 0 Å². The van der Waals surface area contributed by atoms with Crippen LogP contribution >= 0.6 is 11.3 Å². The van der Waals surface area contributed by atoms with E-state index >= 15 is 0 Å². The van der Waals surface area contributed by atoms with Crippen molar-refractivity contribution in [3.63, 3.8) is 0 Å². The van der Waals surface area contributed by atoms with Crippen LogP contribution in [0.5, 0.6) is 0 Å². The molecule has 0 saturated carbocycles. The van der Waals surface area contributed by atoms with Crippen LogP contribution in [0.1, 0.15) is 38.8 Å². The molecule has 1 aromatic heterocycles. The molecule has 6 nitrogen and oxygen atoms in total. The first-order valence-electron chi connectivity index (χ1n) is 8.10. The van der Waals surface area contributed by atoms with Gasteiger partial charge in [0, 0.05) is 13.0 Å². The van der Waals surface area contributed by atoms with Crippen molar-refractivity contribution in [2.75, 3.05) is 13.2 Å². The Morgan fingerprint density at radius 1 is 1.36 bits per heavy atom. The van der Waals surface area contributed by atoms with Crippen molar-refractivity contribution in [2.45, 2.75) is 31.7 Å². The lowest BCUT2D eigenvalue weighted by molar-refractivity contribution is -0.138. The van der Waals surface area contributed by atoms with Gasteiger partial charge in [-0.1, -0.05) is 30.3 Å². The first kappa shape index (κ1) is 17.6. The van der Waals surface area contributed by atoms with E-state index in [-0.39, 0.29) is 18.9 Å². The number of aromatic nitrogens is 1. The SMILES string of the molecule is Cc1nc(Cc2ccccc2)sc1C(=O)NC1(CC(=O)O)CCOC1. The molecule has 0 aliphatic carbocycles. The van der Waals surface area contributed by atoms with Gasteiger partial charge in [0.2, 0.25) is 0 Å². The van der Waals surface area contributed by atoms with Gasteiger partial charge >= 0.3 is 5.97 Å². The molecule has 3 rings (SSSR count). The number of ether oxygens (including phenoxy) is 1. The highest BCUT2D eigenvalue weighted by atomic mass is 32.1. The average Bonchev–Trinajstić information content (AvgIpc) is 3.14. The third-order valence-corrected chi connectivity index (χ3v) is 5.37. The molecule has 2 aromatic rings. The van der Waals surface area contributed by atoms with E-state index < -0.39 is 11.5 Å². The van der Waals surface area contributed by atoms with E-state index in [9.17, 15) is 9.59 Å². The topological polar surface area (TPSA) is 88.5 Å². The van der Waals surface area contributed by atoms with E-state index in [0.29, 0.717) is 30.0 Å². The number of thiazole rings is 1. The summed E-state index contributed by atoms with van der Waals surface area (Å²) >= 11 is 1.35. The van der Waals surface area contributed by atoms with E-state index in [1.54, 1.807) is 6.92 Å². The van der Waals surface area contributed by atoms with Gasteiger partial charge in [-0.3, -0.25) is 9.59 Å². The Morgan fingerprint density at radius 2 is 2.12 bits per heavy atom. The second kappa shape index (κ2) is 7.33. The fourth-order valence-corrected chi connectivity index (χ4v) is 3.98. The summed E-state index contributed by atoms with van der Waals surface area (Å²) in [5.41, 5.74) is 0.964. The maximum Gasteiger partial charge on any atom is 0.305 e. The first-order chi connectivity index (χ1) is 12.0. The highest BCUT2D eigenvalue weighted by molar-refractivity contribution is 7.13. The van der Waals surface area contributed by atoms with Crippen LogP contribution in [0.2, 0.25) is 0 Å². The van der Waals surface area contributed by atoms with Gasteiger partial charge in [0.25, 0.3) is 5.91 Å². The summed E-state index contributed by atoms with van der Waals surface area (Å²) in [7, 11) is 0. The Balaban J connectivity index is 1.74. The molecule has 0 spiro atoms. The minimum atomic E-state index is -0.948. The van der Waals surface area contributed by atoms with E-state index in [0.717, 1.165) is 10.6 Å². The Bertz CT molecular complexity index is 767. The number of rotatable bonds is 6. The van der Waals surface area contributed by atoms with E-state index in [1.807, 2.05) is 30.3 Å². The van der Waals surface area contributed by atoms with Crippen LogP contribution in [-0.2, 0) is 16.0 Å². The highest BCUT2D eigenvalue weighted by Crippen LogP contribution is 2.26. The van der Waals surface area contributed by atoms with Crippen LogP contribution in [0.4, 0.5) is 0 Å². The molecule has 7 heteroatoms. The van der Waals surface area contributed by atoms with E-state index in [2.05, 4.69) is 10.3 Å². The molecule has 1 unspecified atom stereocenters. The number of nitrogens with zero attached hydrogens (tertiary/aromatic N) is 1. The van der Waals surface area contributed by atoms with Gasteiger partial charge in [0.15, 0.2) is 0 Å². The number of carbonyl (C=O) groups excluding carboxylic acids is 1. The first-order valence-corrected chi connectivity index (χ1v) is 8.91. The number of aryl methyl sites for hydroxylation is 1. The van der Waals surface area contributed by atoms with Crippen molar-refractivity contribution in [3.05, 3.63) is 51.5 Å². The maximum absolute atomic E-state index is 12.7. The van der Waals surface area contributed by atoms with Crippen LogP contribution in [0.15, 0.2) is 30.3 Å². The number of hydrogen-bond acceptors (Lipinski definition) is 5. The Kier molecular flexibility index (Phi) is 5.15. The standard InChI is InChI=1S/C18H20N2O4S/c1-12-16(25-14(19-12)9-13-5-3-2-4-6-13)17(23)20-18(10-15(21)22)7-8-24-11-18/h2-6H,7-11H2,1H3,(H,20,23)(H,21,22). The van der Waals surface area contributed by atoms with E-state index in [4.69, 9.17) is 9.84 Å². The predicted molar refractivity (Wildman–Crippen MR) is 94.0 cm³/mol. The Morgan fingerprint density at radius 3 is 2.76 bits per heavy atom. The Hall–Kier alpha value is -2.25. The molecule has 132 valence electrons. The van der Waals surface area contributed by atoms with Crippen LogP contribution in [0.25, 0.3) is 0 Å². The normalized spacial score (nSPS) is 19.7. The third kappa shape index (κ3) is 4.24. The molecular weight excluding hydrogens is 340 g/mol. The quantitative estimate of drug-likeness (QED) is 0.826. The summed E-state index contributed by atoms with van der Waals surface area (Å²) in [5, 5.41) is 12.9. The minimum Gasteiger partial charge on any atom is -0.481 e. The maximum atomic E-state index is 12.7. The summed E-state index contributed by atoms with van der Waals surface area (Å²) in [6.07, 6.45) is 1.02. The zero-order valence-electron chi connectivity index (χ0n) is 13.9. The Labute approximate surface area is 149 Å². The predicted octanol–water partition coefficient (Wildman–Crippen LogP) is 2.41. The lowest BCUT2D eigenvalue weighted by atomic mass is 9.94.